The molecule has 0 saturated heterocycles. The zero-order chi connectivity index (χ0) is 15.0. The molecule has 0 radical (unpaired) electrons. The highest BCUT2D eigenvalue weighted by Crippen LogP contribution is 2.29. The monoisotopic (exact) mass is 301 g/mol. The van der Waals surface area contributed by atoms with Crippen molar-refractivity contribution in [2.24, 2.45) is 0 Å². The number of carboxylic acid groups (broad SMARTS) is 1. The minimum Gasteiger partial charge on any atom is -0.476 e. The van der Waals surface area contributed by atoms with Crippen LogP contribution in [0.4, 0.5) is 11.5 Å². The van der Waals surface area contributed by atoms with E-state index in [-0.39, 0.29) is 5.69 Å². The molecular formula is C15H15N3O2S. The summed E-state index contributed by atoms with van der Waals surface area (Å²) in [5, 5.41) is 11.3. The molecule has 5 nitrogen and oxygen atoms in total. The first-order valence-corrected chi connectivity index (χ1v) is 7.51. The van der Waals surface area contributed by atoms with Crippen LogP contribution in [0.3, 0.4) is 0 Å². The fourth-order valence-corrected chi connectivity index (χ4v) is 2.99. The number of aromatic nitrogens is 2. The van der Waals surface area contributed by atoms with Crippen molar-refractivity contribution in [3.8, 4) is 0 Å². The van der Waals surface area contributed by atoms with Crippen molar-refractivity contribution in [3.63, 3.8) is 0 Å². The average Bonchev–Trinajstić information content (AvgIpc) is 3.06. The topological polar surface area (TPSA) is 57.8 Å². The number of hydrogen-bond acceptors (Lipinski definition) is 4. The van der Waals surface area contributed by atoms with Gasteiger partial charge in [0.1, 0.15) is 0 Å². The number of aromatic carboxylic acids is 1. The number of anilines is 2. The summed E-state index contributed by atoms with van der Waals surface area (Å²) in [6, 6.07) is 8.06. The summed E-state index contributed by atoms with van der Waals surface area (Å²) in [7, 11) is 1.83. The summed E-state index contributed by atoms with van der Waals surface area (Å²) in [5.74, 6) is -0.522. The van der Waals surface area contributed by atoms with Gasteiger partial charge in [-0.15, -0.1) is 11.3 Å². The van der Waals surface area contributed by atoms with Gasteiger partial charge in [-0.25, -0.2) is 9.78 Å². The lowest BCUT2D eigenvalue weighted by atomic mass is 10.1. The average molecular weight is 301 g/mol. The second-order valence-corrected chi connectivity index (χ2v) is 5.60. The van der Waals surface area contributed by atoms with Crippen molar-refractivity contribution in [2.75, 3.05) is 11.9 Å². The molecule has 0 saturated carbocycles. The van der Waals surface area contributed by atoms with Crippen LogP contribution in [0.1, 0.15) is 23.0 Å². The molecular weight excluding hydrogens is 286 g/mol. The summed E-state index contributed by atoms with van der Waals surface area (Å²) in [4.78, 5) is 18.5. The first-order valence-electron chi connectivity index (χ1n) is 6.63. The van der Waals surface area contributed by atoms with Gasteiger partial charge in [0, 0.05) is 24.3 Å². The summed E-state index contributed by atoms with van der Waals surface area (Å²) < 4.78 is 1.61. The van der Waals surface area contributed by atoms with Crippen molar-refractivity contribution in [1.29, 1.82) is 0 Å². The zero-order valence-electron chi connectivity index (χ0n) is 11.8. The molecule has 108 valence electrons. The summed E-state index contributed by atoms with van der Waals surface area (Å²) in [5.41, 5.74) is 2.35. The maximum absolute atomic E-state index is 11.5. The Morgan fingerprint density at radius 1 is 1.38 bits per heavy atom. The van der Waals surface area contributed by atoms with Gasteiger partial charge in [-0.1, -0.05) is 19.1 Å². The van der Waals surface area contributed by atoms with Gasteiger partial charge in [0.05, 0.1) is 0 Å². The lowest BCUT2D eigenvalue weighted by Gasteiger charge is -2.17. The Labute approximate surface area is 126 Å². The Bertz CT molecular complexity index is 789. The standard InChI is InChI=1S/C15H15N3O2S/c1-3-10-4-6-11(7-5-10)17(2)13-12(14(19)20)18-8-9-21-15(18)16-13/h4-9H,3H2,1-2H3,(H,19,20). The Hall–Kier alpha value is -2.34. The largest absolute Gasteiger partial charge is 0.476 e. The molecule has 0 fully saturated rings. The summed E-state index contributed by atoms with van der Waals surface area (Å²) in [6.45, 7) is 2.10. The SMILES string of the molecule is CCc1ccc(N(C)c2nc3sccn3c2C(=O)O)cc1. The molecule has 2 aromatic heterocycles. The van der Waals surface area contributed by atoms with Gasteiger partial charge in [-0.05, 0) is 24.1 Å². The molecule has 0 amide bonds. The smallest absolute Gasteiger partial charge is 0.356 e. The second-order valence-electron chi connectivity index (χ2n) is 4.72. The van der Waals surface area contributed by atoms with Gasteiger partial charge in [0.25, 0.3) is 0 Å². The van der Waals surface area contributed by atoms with Crippen molar-refractivity contribution in [1.82, 2.24) is 9.38 Å². The molecule has 1 aromatic carbocycles. The molecule has 0 spiro atoms. The molecule has 0 aliphatic rings. The molecule has 0 aliphatic heterocycles. The van der Waals surface area contributed by atoms with Crippen LogP contribution < -0.4 is 4.90 Å². The van der Waals surface area contributed by atoms with Crippen LogP contribution in [0.25, 0.3) is 4.96 Å². The minimum atomic E-state index is -0.979. The van der Waals surface area contributed by atoms with Crippen LogP contribution in [0, 0.1) is 0 Å². The first kappa shape index (κ1) is 13.6. The van der Waals surface area contributed by atoms with E-state index in [2.05, 4.69) is 11.9 Å². The number of hydrogen-bond donors (Lipinski definition) is 1. The van der Waals surface area contributed by atoms with E-state index in [1.165, 1.54) is 16.9 Å². The highest BCUT2D eigenvalue weighted by atomic mass is 32.1. The molecule has 21 heavy (non-hydrogen) atoms. The Morgan fingerprint density at radius 2 is 2.10 bits per heavy atom. The van der Waals surface area contributed by atoms with Gasteiger partial charge in [-0.3, -0.25) is 4.40 Å². The zero-order valence-corrected chi connectivity index (χ0v) is 12.6. The van der Waals surface area contributed by atoms with Gasteiger partial charge in [0.2, 0.25) is 0 Å². The number of fused-ring (bicyclic) bond motifs is 1. The normalized spacial score (nSPS) is 11.0. The number of thiazole rings is 1. The fourth-order valence-electron chi connectivity index (χ4n) is 2.28. The third-order valence-corrected chi connectivity index (χ3v) is 4.25. The predicted octanol–water partition coefficient (Wildman–Crippen LogP) is 3.42. The van der Waals surface area contributed by atoms with E-state index in [0.717, 1.165) is 12.1 Å². The number of imidazole rings is 1. The Morgan fingerprint density at radius 3 is 2.71 bits per heavy atom. The number of carbonyl (C=O) groups is 1. The van der Waals surface area contributed by atoms with Crippen molar-refractivity contribution < 1.29 is 9.90 Å². The second kappa shape index (κ2) is 5.21. The quantitative estimate of drug-likeness (QED) is 0.802. The van der Waals surface area contributed by atoms with E-state index in [1.54, 1.807) is 10.6 Å². The van der Waals surface area contributed by atoms with Crippen LogP contribution in [0.5, 0.6) is 0 Å². The Kier molecular flexibility index (Phi) is 3.39. The third-order valence-electron chi connectivity index (χ3n) is 3.50. The molecule has 3 aromatic rings. The molecule has 0 atom stereocenters. The molecule has 3 rings (SSSR count). The number of aryl methyl sites for hydroxylation is 1. The van der Waals surface area contributed by atoms with Gasteiger partial charge >= 0.3 is 5.97 Å². The number of nitrogens with zero attached hydrogens (tertiary/aromatic N) is 3. The van der Waals surface area contributed by atoms with E-state index < -0.39 is 5.97 Å². The van der Waals surface area contributed by atoms with Crippen LogP contribution in [-0.4, -0.2) is 27.5 Å². The maximum Gasteiger partial charge on any atom is 0.356 e. The molecule has 1 N–H and O–H groups in total. The van der Waals surface area contributed by atoms with E-state index in [4.69, 9.17) is 0 Å². The molecule has 0 unspecified atom stereocenters. The lowest BCUT2D eigenvalue weighted by molar-refractivity contribution is 0.0690. The van der Waals surface area contributed by atoms with Crippen LogP contribution >= 0.6 is 11.3 Å². The maximum atomic E-state index is 11.5. The lowest BCUT2D eigenvalue weighted by Crippen LogP contribution is -2.14. The van der Waals surface area contributed by atoms with E-state index in [9.17, 15) is 9.90 Å². The van der Waals surface area contributed by atoms with Crippen LogP contribution in [0.15, 0.2) is 35.8 Å². The van der Waals surface area contributed by atoms with E-state index in [1.807, 2.05) is 41.6 Å². The minimum absolute atomic E-state index is 0.188. The van der Waals surface area contributed by atoms with Gasteiger partial charge in [-0.2, -0.15) is 0 Å². The number of benzene rings is 1. The predicted molar refractivity (Wildman–Crippen MR) is 83.9 cm³/mol. The highest BCUT2D eigenvalue weighted by Gasteiger charge is 2.22. The Balaban J connectivity index is 2.07. The highest BCUT2D eigenvalue weighted by molar-refractivity contribution is 7.15. The van der Waals surface area contributed by atoms with Crippen LogP contribution in [-0.2, 0) is 6.42 Å². The molecule has 0 aliphatic carbocycles. The number of carboxylic acids is 1. The molecule has 0 bridgehead atoms. The molecule has 6 heteroatoms. The van der Waals surface area contributed by atoms with Crippen LogP contribution in [0.2, 0.25) is 0 Å². The van der Waals surface area contributed by atoms with E-state index in [0.29, 0.717) is 10.8 Å². The fraction of sp³-hybridized carbons (Fsp3) is 0.200. The molecule has 2 heterocycles. The van der Waals surface area contributed by atoms with Gasteiger partial charge in [0.15, 0.2) is 16.5 Å². The first-order chi connectivity index (χ1) is 10.1. The van der Waals surface area contributed by atoms with E-state index >= 15 is 0 Å². The summed E-state index contributed by atoms with van der Waals surface area (Å²) >= 11 is 1.42. The van der Waals surface area contributed by atoms with Crippen molar-refractivity contribution in [2.45, 2.75) is 13.3 Å². The van der Waals surface area contributed by atoms with Crippen molar-refractivity contribution >= 4 is 33.8 Å². The van der Waals surface area contributed by atoms with Gasteiger partial charge < -0.3 is 10.0 Å². The number of rotatable bonds is 4. The van der Waals surface area contributed by atoms with Crippen molar-refractivity contribution in [3.05, 3.63) is 47.1 Å². The third kappa shape index (κ3) is 2.27. The summed E-state index contributed by atoms with van der Waals surface area (Å²) in [6.07, 6.45) is 2.71.